The summed E-state index contributed by atoms with van der Waals surface area (Å²) in [5.41, 5.74) is 0.837. The molecule has 162 valence electrons. The van der Waals surface area contributed by atoms with Gasteiger partial charge in [0, 0.05) is 19.1 Å². The molecule has 1 aromatic rings. The second-order valence-corrected chi connectivity index (χ2v) is 8.51. The van der Waals surface area contributed by atoms with E-state index in [9.17, 15) is 9.59 Å². The maximum atomic E-state index is 13.2. The zero-order valence-electron chi connectivity index (χ0n) is 16.9. The van der Waals surface area contributed by atoms with Crippen molar-refractivity contribution in [2.24, 2.45) is 0 Å². The first-order chi connectivity index (χ1) is 13.3. The third kappa shape index (κ3) is 5.10. The van der Waals surface area contributed by atoms with E-state index in [0.717, 1.165) is 24.8 Å². The van der Waals surface area contributed by atoms with Gasteiger partial charge in [0.25, 0.3) is 0 Å². The van der Waals surface area contributed by atoms with Gasteiger partial charge in [-0.05, 0) is 51.1 Å². The highest BCUT2D eigenvalue weighted by molar-refractivity contribution is 6.42. The predicted octanol–water partition coefficient (Wildman–Crippen LogP) is 3.72. The van der Waals surface area contributed by atoms with Crippen LogP contribution in [-0.4, -0.2) is 79.1 Å². The van der Waals surface area contributed by atoms with Crippen LogP contribution in [0.3, 0.4) is 0 Å². The van der Waals surface area contributed by atoms with E-state index >= 15 is 0 Å². The zero-order valence-corrected chi connectivity index (χ0v) is 19.3. The Morgan fingerprint density at radius 1 is 1.14 bits per heavy atom. The number of likely N-dealkylation sites (N-methyl/N-ethyl adjacent to an activating group) is 1. The van der Waals surface area contributed by atoms with Gasteiger partial charge in [0.2, 0.25) is 5.91 Å². The number of ether oxygens (including phenoxy) is 1. The van der Waals surface area contributed by atoms with Crippen molar-refractivity contribution in [3.63, 3.8) is 0 Å². The average molecular weight is 465 g/mol. The Kier molecular flexibility index (Phi) is 8.47. The molecule has 9 heteroatoms. The Balaban J connectivity index is 0.00000300. The molecule has 2 amide bonds. The molecule has 0 bridgehead atoms. The number of carbonyl (C=O) groups excluding carboxylic acids is 2. The lowest BCUT2D eigenvalue weighted by Crippen LogP contribution is -2.69. The molecule has 3 rings (SSSR count). The van der Waals surface area contributed by atoms with E-state index in [-0.39, 0.29) is 49.0 Å². The topological polar surface area (TPSA) is 53.1 Å². The van der Waals surface area contributed by atoms with Crippen LogP contribution in [0.4, 0.5) is 4.79 Å². The van der Waals surface area contributed by atoms with Gasteiger partial charge < -0.3 is 19.4 Å². The monoisotopic (exact) mass is 463 g/mol. The molecule has 1 aromatic carbocycles. The number of nitrogens with zero attached hydrogens (tertiary/aromatic N) is 3. The van der Waals surface area contributed by atoms with E-state index < -0.39 is 0 Å². The van der Waals surface area contributed by atoms with Gasteiger partial charge in [-0.1, -0.05) is 29.3 Å². The van der Waals surface area contributed by atoms with Crippen molar-refractivity contribution in [1.29, 1.82) is 0 Å². The number of fused-ring (bicyclic) bond motifs is 1. The van der Waals surface area contributed by atoms with Crippen molar-refractivity contribution < 1.29 is 14.3 Å². The summed E-state index contributed by atoms with van der Waals surface area (Å²) in [6.45, 7) is 0.988. The molecule has 1 aliphatic heterocycles. The highest BCUT2D eigenvalue weighted by Gasteiger charge is 2.47. The van der Waals surface area contributed by atoms with E-state index in [2.05, 4.69) is 4.90 Å². The smallest absolute Gasteiger partial charge is 0.409 e. The second kappa shape index (κ2) is 10.2. The molecule has 1 saturated heterocycles. The molecule has 0 N–H and O–H groups in total. The summed E-state index contributed by atoms with van der Waals surface area (Å²) in [7, 11) is 5.48. The predicted molar refractivity (Wildman–Crippen MR) is 117 cm³/mol. The minimum absolute atomic E-state index is 0. The molecule has 2 aliphatic rings. The summed E-state index contributed by atoms with van der Waals surface area (Å²) in [4.78, 5) is 31.4. The number of rotatable bonds is 3. The van der Waals surface area contributed by atoms with Crippen LogP contribution in [0.5, 0.6) is 0 Å². The summed E-state index contributed by atoms with van der Waals surface area (Å²) in [5, 5.41) is 0.925. The number of halogens is 3. The summed E-state index contributed by atoms with van der Waals surface area (Å²) in [5.74, 6) is 0.0478. The summed E-state index contributed by atoms with van der Waals surface area (Å²) < 4.78 is 4.99. The number of benzene rings is 1. The first-order valence-electron chi connectivity index (χ1n) is 9.58. The van der Waals surface area contributed by atoms with Crippen LogP contribution >= 0.6 is 35.6 Å². The van der Waals surface area contributed by atoms with Crippen LogP contribution < -0.4 is 0 Å². The van der Waals surface area contributed by atoms with E-state index in [1.165, 1.54) is 7.11 Å². The van der Waals surface area contributed by atoms with Crippen molar-refractivity contribution in [2.75, 3.05) is 34.3 Å². The van der Waals surface area contributed by atoms with Gasteiger partial charge in [-0.2, -0.15) is 0 Å². The van der Waals surface area contributed by atoms with Crippen LogP contribution in [0.25, 0.3) is 0 Å². The lowest BCUT2D eigenvalue weighted by Gasteiger charge is -2.53. The van der Waals surface area contributed by atoms with Gasteiger partial charge >= 0.3 is 6.09 Å². The molecule has 6 nitrogen and oxygen atoms in total. The van der Waals surface area contributed by atoms with Crippen molar-refractivity contribution >= 4 is 47.6 Å². The maximum absolute atomic E-state index is 13.2. The summed E-state index contributed by atoms with van der Waals surface area (Å²) in [6, 6.07) is 5.41. The molecular weight excluding hydrogens is 437 g/mol. The van der Waals surface area contributed by atoms with Gasteiger partial charge in [-0.25, -0.2) is 4.79 Å². The van der Waals surface area contributed by atoms with Crippen molar-refractivity contribution in [1.82, 2.24) is 14.7 Å². The molecular formula is C20H28Cl3N3O3. The number of piperazine rings is 1. The molecule has 0 spiro atoms. The SMILES string of the molecule is COC(=O)N1CCN(C(=O)Cc2ccc(Cl)c(Cl)c2)[C@@H]2[C@@H](N(C)C)CCC[C@@H]21.Cl. The zero-order chi connectivity index (χ0) is 20.4. The third-order valence-electron chi connectivity index (χ3n) is 5.86. The number of hydrogen-bond donors (Lipinski definition) is 0. The fraction of sp³-hybridized carbons (Fsp3) is 0.600. The maximum Gasteiger partial charge on any atom is 0.409 e. The van der Waals surface area contributed by atoms with E-state index in [1.54, 1.807) is 17.0 Å². The first kappa shape index (κ1) is 24.1. The number of methoxy groups -OCH3 is 1. The number of amides is 2. The van der Waals surface area contributed by atoms with E-state index in [0.29, 0.717) is 23.1 Å². The molecule has 1 heterocycles. The van der Waals surface area contributed by atoms with E-state index in [1.807, 2.05) is 25.1 Å². The minimum atomic E-state index is -0.314. The van der Waals surface area contributed by atoms with Crippen molar-refractivity contribution in [3.8, 4) is 0 Å². The average Bonchev–Trinajstić information content (AvgIpc) is 2.68. The molecule has 0 radical (unpaired) electrons. The van der Waals surface area contributed by atoms with Crippen LogP contribution in [-0.2, 0) is 16.0 Å². The minimum Gasteiger partial charge on any atom is -0.453 e. The van der Waals surface area contributed by atoms with Crippen LogP contribution in [0, 0.1) is 0 Å². The highest BCUT2D eigenvalue weighted by Crippen LogP contribution is 2.33. The van der Waals surface area contributed by atoms with Crippen LogP contribution in [0.2, 0.25) is 10.0 Å². The van der Waals surface area contributed by atoms with Gasteiger partial charge in [-0.3, -0.25) is 4.79 Å². The van der Waals surface area contributed by atoms with Gasteiger partial charge in [0.15, 0.2) is 0 Å². The Bertz CT molecular complexity index is 747. The van der Waals surface area contributed by atoms with Crippen molar-refractivity contribution in [3.05, 3.63) is 33.8 Å². The second-order valence-electron chi connectivity index (χ2n) is 7.70. The molecule has 1 saturated carbocycles. The first-order valence-corrected chi connectivity index (χ1v) is 10.3. The number of hydrogen-bond acceptors (Lipinski definition) is 4. The Morgan fingerprint density at radius 3 is 2.45 bits per heavy atom. The molecule has 0 unspecified atom stereocenters. The lowest BCUT2D eigenvalue weighted by atomic mass is 9.81. The fourth-order valence-electron chi connectivity index (χ4n) is 4.54. The van der Waals surface area contributed by atoms with Gasteiger partial charge in [0.1, 0.15) is 0 Å². The molecule has 2 fully saturated rings. The molecule has 3 atom stereocenters. The Morgan fingerprint density at radius 2 is 1.83 bits per heavy atom. The standard InChI is InChI=1S/C20H27Cl2N3O3.ClH/c1-23(2)16-5-4-6-17-19(16)25(10-9-24(17)20(27)28-3)18(26)12-13-7-8-14(21)15(22)11-13;/h7-8,11,16-17,19H,4-6,9-10,12H2,1-3H3;1H/t16-,17-,19+;/m0./s1. The highest BCUT2D eigenvalue weighted by atomic mass is 35.5. The fourth-order valence-corrected chi connectivity index (χ4v) is 4.87. The summed E-state index contributed by atoms with van der Waals surface area (Å²) >= 11 is 12.1. The largest absolute Gasteiger partial charge is 0.453 e. The van der Waals surface area contributed by atoms with Gasteiger partial charge in [0.05, 0.1) is 35.7 Å². The van der Waals surface area contributed by atoms with Crippen LogP contribution in [0.1, 0.15) is 24.8 Å². The third-order valence-corrected chi connectivity index (χ3v) is 6.60. The number of carbonyl (C=O) groups is 2. The van der Waals surface area contributed by atoms with Crippen molar-refractivity contribution in [2.45, 2.75) is 43.8 Å². The lowest BCUT2D eigenvalue weighted by molar-refractivity contribution is -0.141. The van der Waals surface area contributed by atoms with Crippen LogP contribution in [0.15, 0.2) is 18.2 Å². The quantitative estimate of drug-likeness (QED) is 0.684. The molecule has 29 heavy (non-hydrogen) atoms. The molecule has 0 aromatic heterocycles. The summed E-state index contributed by atoms with van der Waals surface area (Å²) in [6.07, 6.45) is 2.84. The Hall–Kier alpha value is -1.21. The Labute approximate surface area is 188 Å². The van der Waals surface area contributed by atoms with Gasteiger partial charge in [-0.15, -0.1) is 12.4 Å². The molecule has 1 aliphatic carbocycles. The normalized spacial score (nSPS) is 24.0. The van der Waals surface area contributed by atoms with E-state index in [4.69, 9.17) is 27.9 Å².